The number of aromatic nitrogens is 2. The van der Waals surface area contributed by atoms with Gasteiger partial charge in [-0.25, -0.2) is 0 Å². The fraction of sp³-hybridized carbons (Fsp3) is 0.278. The number of hydrogen-bond acceptors (Lipinski definition) is 3. The highest BCUT2D eigenvalue weighted by molar-refractivity contribution is 6.31. The summed E-state index contributed by atoms with van der Waals surface area (Å²) in [5, 5.41) is 7.62. The maximum atomic E-state index is 12.1. The van der Waals surface area contributed by atoms with Gasteiger partial charge in [0.1, 0.15) is 5.15 Å². The summed E-state index contributed by atoms with van der Waals surface area (Å²) in [6.07, 6.45) is 3.05. The monoisotopic (exact) mass is 360 g/mol. The summed E-state index contributed by atoms with van der Waals surface area (Å²) >= 11 is 6.34. The van der Waals surface area contributed by atoms with Gasteiger partial charge >= 0.3 is 0 Å². The van der Waals surface area contributed by atoms with Crippen molar-refractivity contribution in [2.24, 2.45) is 11.7 Å². The molecular formula is C18H21ClN4O2. The molecule has 2 aromatic rings. The maximum Gasteiger partial charge on any atom is 0.248 e. The number of nitrogens with two attached hydrogens (primary N) is 1. The lowest BCUT2D eigenvalue weighted by Crippen LogP contribution is -2.11. The van der Waals surface area contributed by atoms with Gasteiger partial charge in [0.25, 0.3) is 0 Å². The smallest absolute Gasteiger partial charge is 0.248 e. The van der Waals surface area contributed by atoms with Crippen LogP contribution in [0.2, 0.25) is 5.15 Å². The summed E-state index contributed by atoms with van der Waals surface area (Å²) in [7, 11) is 0. The van der Waals surface area contributed by atoms with Crippen molar-refractivity contribution in [3.63, 3.8) is 0 Å². The highest BCUT2D eigenvalue weighted by atomic mass is 35.5. The third kappa shape index (κ3) is 4.93. The lowest BCUT2D eigenvalue weighted by Gasteiger charge is -2.05. The van der Waals surface area contributed by atoms with E-state index >= 15 is 0 Å². The van der Waals surface area contributed by atoms with Gasteiger partial charge in [0.15, 0.2) is 0 Å². The molecule has 0 spiro atoms. The van der Waals surface area contributed by atoms with Gasteiger partial charge in [-0.2, -0.15) is 5.10 Å². The number of carbonyl (C=O) groups is 2. The van der Waals surface area contributed by atoms with Crippen LogP contribution in [0.15, 0.2) is 30.3 Å². The molecule has 0 aliphatic rings. The van der Waals surface area contributed by atoms with Gasteiger partial charge in [0.05, 0.1) is 5.69 Å². The van der Waals surface area contributed by atoms with E-state index in [1.54, 1.807) is 35.0 Å². The largest absolute Gasteiger partial charge is 0.366 e. The number of carbonyl (C=O) groups excluding carboxylic acids is 2. The number of primary amides is 1. The van der Waals surface area contributed by atoms with Crippen molar-refractivity contribution in [3.8, 4) is 0 Å². The van der Waals surface area contributed by atoms with Crippen LogP contribution < -0.4 is 11.1 Å². The molecule has 0 saturated heterocycles. The molecule has 132 valence electrons. The minimum atomic E-state index is -0.513. The second kappa shape index (κ2) is 7.98. The first-order valence-electron chi connectivity index (χ1n) is 7.89. The van der Waals surface area contributed by atoms with Crippen LogP contribution >= 0.6 is 11.6 Å². The molecule has 1 aromatic carbocycles. The number of rotatable bonds is 6. The number of benzene rings is 1. The van der Waals surface area contributed by atoms with Crippen molar-refractivity contribution >= 4 is 35.2 Å². The summed E-state index contributed by atoms with van der Waals surface area (Å²) in [5.74, 6) is -0.402. The van der Waals surface area contributed by atoms with Gasteiger partial charge in [-0.05, 0) is 43.2 Å². The fourth-order valence-electron chi connectivity index (χ4n) is 2.28. The molecule has 1 aromatic heterocycles. The van der Waals surface area contributed by atoms with Crippen molar-refractivity contribution in [2.45, 2.75) is 27.3 Å². The molecule has 25 heavy (non-hydrogen) atoms. The lowest BCUT2D eigenvalue weighted by atomic mass is 10.2. The number of hydrogen-bond donors (Lipinski definition) is 2. The number of anilines is 1. The SMILES string of the molecule is Cc1nn(CC(C)C)c(Cl)c1/C=C/C(=O)Nc1ccc(C(N)=O)cc1. The van der Waals surface area contributed by atoms with Gasteiger partial charge in [0, 0.05) is 29.4 Å². The Bertz CT molecular complexity index is 807. The van der Waals surface area contributed by atoms with E-state index in [0.29, 0.717) is 28.9 Å². The summed E-state index contributed by atoms with van der Waals surface area (Å²) in [6.45, 7) is 6.73. The van der Waals surface area contributed by atoms with Crippen LogP contribution in [-0.4, -0.2) is 21.6 Å². The zero-order chi connectivity index (χ0) is 18.6. The average Bonchev–Trinajstić information content (AvgIpc) is 2.79. The van der Waals surface area contributed by atoms with E-state index in [2.05, 4.69) is 24.3 Å². The topological polar surface area (TPSA) is 90.0 Å². The van der Waals surface area contributed by atoms with Crippen molar-refractivity contribution in [2.75, 3.05) is 5.32 Å². The van der Waals surface area contributed by atoms with E-state index in [1.807, 2.05) is 6.92 Å². The molecule has 0 aliphatic heterocycles. The van der Waals surface area contributed by atoms with E-state index in [-0.39, 0.29) is 5.91 Å². The number of nitrogens with one attached hydrogen (secondary N) is 1. The molecule has 7 heteroatoms. The Labute approximate surface area is 151 Å². The standard InChI is InChI=1S/C18H21ClN4O2/c1-11(2)10-23-17(19)15(12(3)22-23)8-9-16(24)21-14-6-4-13(5-7-14)18(20)25/h4-9,11H,10H2,1-3H3,(H2,20,25)(H,21,24)/b9-8+. The van der Waals surface area contributed by atoms with E-state index in [0.717, 1.165) is 11.3 Å². The molecule has 1 heterocycles. The zero-order valence-corrected chi connectivity index (χ0v) is 15.2. The molecule has 6 nitrogen and oxygen atoms in total. The molecule has 0 unspecified atom stereocenters. The third-order valence-corrected chi connectivity index (χ3v) is 3.88. The Kier molecular flexibility index (Phi) is 5.98. The Morgan fingerprint density at radius 1 is 1.32 bits per heavy atom. The van der Waals surface area contributed by atoms with Crippen molar-refractivity contribution in [3.05, 3.63) is 52.3 Å². The number of halogens is 1. The summed E-state index contributed by atoms with van der Waals surface area (Å²) in [6, 6.07) is 6.34. The Balaban J connectivity index is 2.07. The molecule has 0 radical (unpaired) electrons. The van der Waals surface area contributed by atoms with Crippen LogP contribution in [0.3, 0.4) is 0 Å². The maximum absolute atomic E-state index is 12.1. The van der Waals surface area contributed by atoms with Crippen LogP contribution in [0.25, 0.3) is 6.08 Å². The van der Waals surface area contributed by atoms with Crippen molar-refractivity contribution in [1.29, 1.82) is 0 Å². The third-order valence-electron chi connectivity index (χ3n) is 3.49. The quantitative estimate of drug-likeness (QED) is 0.775. The Hall–Kier alpha value is -2.60. The van der Waals surface area contributed by atoms with Crippen LogP contribution in [-0.2, 0) is 11.3 Å². The van der Waals surface area contributed by atoms with Crippen LogP contribution in [0.4, 0.5) is 5.69 Å². The van der Waals surface area contributed by atoms with E-state index in [4.69, 9.17) is 17.3 Å². The number of aryl methyl sites for hydroxylation is 1. The minimum absolute atomic E-state index is 0.307. The second-order valence-corrected chi connectivity index (χ2v) is 6.49. The van der Waals surface area contributed by atoms with Crippen molar-refractivity contribution < 1.29 is 9.59 Å². The fourth-order valence-corrected chi connectivity index (χ4v) is 2.59. The van der Waals surface area contributed by atoms with Crippen LogP contribution in [0.1, 0.15) is 35.5 Å². The molecule has 2 amide bonds. The molecule has 0 aliphatic carbocycles. The molecule has 0 fully saturated rings. The second-order valence-electron chi connectivity index (χ2n) is 6.13. The van der Waals surface area contributed by atoms with Crippen molar-refractivity contribution in [1.82, 2.24) is 9.78 Å². The molecular weight excluding hydrogens is 340 g/mol. The van der Waals surface area contributed by atoms with Gasteiger partial charge in [-0.3, -0.25) is 14.3 Å². The van der Waals surface area contributed by atoms with Crippen LogP contribution in [0, 0.1) is 12.8 Å². The highest BCUT2D eigenvalue weighted by Gasteiger charge is 2.12. The van der Waals surface area contributed by atoms with Gasteiger partial charge in [0.2, 0.25) is 11.8 Å². The van der Waals surface area contributed by atoms with E-state index in [1.165, 1.54) is 6.08 Å². The predicted molar refractivity (Wildman–Crippen MR) is 99.4 cm³/mol. The Morgan fingerprint density at radius 2 is 1.96 bits per heavy atom. The predicted octanol–water partition coefficient (Wildman–Crippen LogP) is 3.25. The molecule has 0 atom stereocenters. The molecule has 0 bridgehead atoms. The number of nitrogens with zero attached hydrogens (tertiary/aromatic N) is 2. The Morgan fingerprint density at radius 3 is 2.52 bits per heavy atom. The highest BCUT2D eigenvalue weighted by Crippen LogP contribution is 2.22. The minimum Gasteiger partial charge on any atom is -0.366 e. The lowest BCUT2D eigenvalue weighted by molar-refractivity contribution is -0.111. The first kappa shape index (κ1) is 18.7. The van der Waals surface area contributed by atoms with Gasteiger partial charge in [-0.1, -0.05) is 25.4 Å². The summed E-state index contributed by atoms with van der Waals surface area (Å²) in [5.41, 5.74) is 7.62. The molecule has 0 saturated carbocycles. The summed E-state index contributed by atoms with van der Waals surface area (Å²) in [4.78, 5) is 23.1. The average molecular weight is 361 g/mol. The van der Waals surface area contributed by atoms with Crippen LogP contribution in [0.5, 0.6) is 0 Å². The van der Waals surface area contributed by atoms with E-state index < -0.39 is 5.91 Å². The first-order chi connectivity index (χ1) is 11.8. The zero-order valence-electron chi connectivity index (χ0n) is 14.4. The van der Waals surface area contributed by atoms with E-state index in [9.17, 15) is 9.59 Å². The molecule has 3 N–H and O–H groups in total. The van der Waals surface area contributed by atoms with Gasteiger partial charge < -0.3 is 11.1 Å². The molecule has 2 rings (SSSR count). The van der Waals surface area contributed by atoms with Gasteiger partial charge in [-0.15, -0.1) is 0 Å². The normalized spacial score (nSPS) is 11.2. The number of amides is 2. The first-order valence-corrected chi connectivity index (χ1v) is 8.27. The summed E-state index contributed by atoms with van der Waals surface area (Å²) < 4.78 is 1.74.